The lowest BCUT2D eigenvalue weighted by Gasteiger charge is -2.35. The topological polar surface area (TPSA) is 41.4 Å². The molecule has 0 radical (unpaired) electrons. The number of nitrogens with zero attached hydrogens (tertiary/aromatic N) is 4. The fourth-order valence-electron chi connectivity index (χ4n) is 3.31. The molecule has 0 bridgehead atoms. The molecule has 1 fully saturated rings. The molecule has 0 unspecified atom stereocenters. The first-order valence-corrected chi connectivity index (χ1v) is 9.58. The van der Waals surface area contributed by atoms with Crippen LogP contribution in [0.15, 0.2) is 54.9 Å². The number of hydrogen-bond acceptors (Lipinski definition) is 3. The van der Waals surface area contributed by atoms with Crippen molar-refractivity contribution in [3.8, 4) is 5.69 Å². The molecule has 4 rings (SSSR count). The van der Waals surface area contributed by atoms with Gasteiger partial charge >= 0.3 is 0 Å². The smallest absolute Gasteiger partial charge is 0.255 e. The van der Waals surface area contributed by atoms with Gasteiger partial charge in [-0.25, -0.2) is 9.37 Å². The number of carbonyl (C=O) groups is 1. The molecule has 5 nitrogen and oxygen atoms in total. The monoisotopic (exact) mass is 418 g/mol. The number of benzene rings is 2. The van der Waals surface area contributed by atoms with Crippen LogP contribution in [0.2, 0.25) is 10.0 Å². The van der Waals surface area contributed by atoms with E-state index in [0.717, 1.165) is 0 Å². The Bertz CT molecular complexity index is 1010. The second-order valence-corrected chi connectivity index (χ2v) is 7.30. The average Bonchev–Trinajstić information content (AvgIpc) is 3.17. The fraction of sp³-hybridized carbons (Fsp3) is 0.200. The zero-order valence-corrected chi connectivity index (χ0v) is 16.4. The molecule has 144 valence electrons. The molecule has 0 spiro atoms. The molecule has 3 aromatic rings. The van der Waals surface area contributed by atoms with Gasteiger partial charge in [-0.05, 0) is 30.3 Å². The number of para-hydroxylation sites is 1. The molecule has 1 aromatic heterocycles. The standard InChI is InChI=1S/C20H17Cl2FN4O/c21-14-5-6-15(16(22)13-14)19(28)25-9-11-26(12-10-25)20-24-7-8-27(20)18-4-2-1-3-17(18)23/h1-8,13H,9-12H2. The number of aromatic nitrogens is 2. The molecule has 0 aliphatic carbocycles. The van der Waals surface area contributed by atoms with Crippen LogP contribution in [0.25, 0.3) is 5.69 Å². The van der Waals surface area contributed by atoms with Crippen molar-refractivity contribution in [1.82, 2.24) is 14.5 Å². The average molecular weight is 419 g/mol. The lowest BCUT2D eigenvalue weighted by Crippen LogP contribution is -2.49. The Hall–Kier alpha value is -2.57. The maximum atomic E-state index is 14.2. The van der Waals surface area contributed by atoms with Gasteiger partial charge < -0.3 is 9.80 Å². The van der Waals surface area contributed by atoms with Crippen LogP contribution in [0.3, 0.4) is 0 Å². The number of hydrogen-bond donors (Lipinski definition) is 0. The van der Waals surface area contributed by atoms with Crippen molar-refractivity contribution in [2.24, 2.45) is 0 Å². The van der Waals surface area contributed by atoms with Crippen LogP contribution in [-0.2, 0) is 0 Å². The van der Waals surface area contributed by atoms with Gasteiger partial charge in [-0.1, -0.05) is 35.3 Å². The normalized spacial score (nSPS) is 14.4. The van der Waals surface area contributed by atoms with Gasteiger partial charge in [0.25, 0.3) is 5.91 Å². The number of halogens is 3. The molecule has 1 aliphatic rings. The first-order chi connectivity index (χ1) is 13.5. The van der Waals surface area contributed by atoms with Crippen molar-refractivity contribution in [2.45, 2.75) is 0 Å². The van der Waals surface area contributed by atoms with Crippen molar-refractivity contribution < 1.29 is 9.18 Å². The number of rotatable bonds is 3. The third-order valence-electron chi connectivity index (χ3n) is 4.74. The summed E-state index contributed by atoms with van der Waals surface area (Å²) >= 11 is 12.1. The van der Waals surface area contributed by atoms with Crippen molar-refractivity contribution in [2.75, 3.05) is 31.1 Å². The summed E-state index contributed by atoms with van der Waals surface area (Å²) in [6.07, 6.45) is 3.38. The number of piperazine rings is 1. The van der Waals surface area contributed by atoms with Crippen LogP contribution in [0.1, 0.15) is 10.4 Å². The Balaban J connectivity index is 1.49. The van der Waals surface area contributed by atoms with Gasteiger partial charge in [-0.2, -0.15) is 0 Å². The van der Waals surface area contributed by atoms with Crippen LogP contribution >= 0.6 is 23.2 Å². The molecule has 2 heterocycles. The van der Waals surface area contributed by atoms with E-state index < -0.39 is 0 Å². The van der Waals surface area contributed by atoms with E-state index in [1.807, 2.05) is 4.90 Å². The minimum atomic E-state index is -0.312. The molecular formula is C20H17Cl2FN4O. The molecule has 1 amide bonds. The largest absolute Gasteiger partial charge is 0.338 e. The Kier molecular flexibility index (Phi) is 5.24. The summed E-state index contributed by atoms with van der Waals surface area (Å²) in [5, 5.41) is 0.835. The molecule has 0 atom stereocenters. The van der Waals surface area contributed by atoms with E-state index in [9.17, 15) is 9.18 Å². The summed E-state index contributed by atoms with van der Waals surface area (Å²) in [7, 11) is 0. The Morgan fingerprint density at radius 2 is 1.79 bits per heavy atom. The quantitative estimate of drug-likeness (QED) is 0.637. The second-order valence-electron chi connectivity index (χ2n) is 6.45. The Labute approximate surface area is 171 Å². The van der Waals surface area contributed by atoms with E-state index >= 15 is 0 Å². The second kappa shape index (κ2) is 7.81. The molecule has 0 N–H and O–H groups in total. The predicted octanol–water partition coefficient (Wildman–Crippen LogP) is 4.28. The first-order valence-electron chi connectivity index (χ1n) is 8.82. The lowest BCUT2D eigenvalue weighted by molar-refractivity contribution is 0.0746. The molecule has 8 heteroatoms. The summed E-state index contributed by atoms with van der Waals surface area (Å²) < 4.78 is 15.9. The van der Waals surface area contributed by atoms with Crippen LogP contribution in [0.5, 0.6) is 0 Å². The van der Waals surface area contributed by atoms with E-state index in [4.69, 9.17) is 23.2 Å². The summed E-state index contributed by atoms with van der Waals surface area (Å²) in [4.78, 5) is 21.0. The molecule has 0 saturated carbocycles. The Morgan fingerprint density at radius 1 is 1.04 bits per heavy atom. The summed E-state index contributed by atoms with van der Waals surface area (Å²) in [5.41, 5.74) is 0.883. The number of carbonyl (C=O) groups excluding carboxylic acids is 1. The molecule has 2 aromatic carbocycles. The summed E-state index contributed by atoms with van der Waals surface area (Å²) in [6.45, 7) is 2.20. The highest BCUT2D eigenvalue weighted by Crippen LogP contribution is 2.25. The van der Waals surface area contributed by atoms with E-state index in [-0.39, 0.29) is 11.7 Å². The highest BCUT2D eigenvalue weighted by atomic mass is 35.5. The van der Waals surface area contributed by atoms with Gasteiger partial charge in [0.05, 0.1) is 16.3 Å². The molecule has 1 saturated heterocycles. The molecule has 1 aliphatic heterocycles. The SMILES string of the molecule is O=C(c1ccc(Cl)cc1Cl)N1CCN(c2nccn2-c2ccccc2F)CC1. The number of imidazole rings is 1. The van der Waals surface area contributed by atoms with Gasteiger partial charge in [0.15, 0.2) is 0 Å². The zero-order valence-electron chi connectivity index (χ0n) is 14.9. The highest BCUT2D eigenvalue weighted by Gasteiger charge is 2.26. The van der Waals surface area contributed by atoms with Crippen LogP contribution in [0.4, 0.5) is 10.3 Å². The van der Waals surface area contributed by atoms with Gasteiger partial charge in [0, 0.05) is 43.6 Å². The van der Waals surface area contributed by atoms with E-state index in [1.54, 1.807) is 58.3 Å². The zero-order chi connectivity index (χ0) is 19.7. The Morgan fingerprint density at radius 3 is 2.50 bits per heavy atom. The molecular weight excluding hydrogens is 402 g/mol. The van der Waals surface area contributed by atoms with Crippen molar-refractivity contribution >= 4 is 35.1 Å². The number of anilines is 1. The van der Waals surface area contributed by atoms with Crippen molar-refractivity contribution in [3.63, 3.8) is 0 Å². The third kappa shape index (κ3) is 3.57. The van der Waals surface area contributed by atoms with E-state index in [0.29, 0.717) is 53.4 Å². The van der Waals surface area contributed by atoms with E-state index in [1.165, 1.54) is 6.07 Å². The van der Waals surface area contributed by atoms with Crippen LogP contribution < -0.4 is 4.90 Å². The maximum Gasteiger partial charge on any atom is 0.255 e. The van der Waals surface area contributed by atoms with Gasteiger partial charge in [0.2, 0.25) is 5.95 Å². The lowest BCUT2D eigenvalue weighted by atomic mass is 10.2. The van der Waals surface area contributed by atoms with Crippen molar-refractivity contribution in [3.05, 3.63) is 76.3 Å². The highest BCUT2D eigenvalue weighted by molar-refractivity contribution is 6.36. The summed E-state index contributed by atoms with van der Waals surface area (Å²) in [6, 6.07) is 11.4. The van der Waals surface area contributed by atoms with Crippen molar-refractivity contribution in [1.29, 1.82) is 0 Å². The predicted molar refractivity (Wildman–Crippen MR) is 108 cm³/mol. The minimum absolute atomic E-state index is 0.126. The van der Waals surface area contributed by atoms with E-state index in [2.05, 4.69) is 4.98 Å². The first kappa shape index (κ1) is 18.8. The van der Waals surface area contributed by atoms with Gasteiger partial charge in [-0.15, -0.1) is 0 Å². The summed E-state index contributed by atoms with van der Waals surface area (Å²) in [5.74, 6) is 0.216. The third-order valence-corrected chi connectivity index (χ3v) is 5.29. The molecule has 28 heavy (non-hydrogen) atoms. The number of amides is 1. The maximum absolute atomic E-state index is 14.2. The van der Waals surface area contributed by atoms with Crippen LogP contribution in [0, 0.1) is 5.82 Å². The van der Waals surface area contributed by atoms with Gasteiger partial charge in [0.1, 0.15) is 5.82 Å². The van der Waals surface area contributed by atoms with Crippen LogP contribution in [-0.4, -0.2) is 46.5 Å². The van der Waals surface area contributed by atoms with Gasteiger partial charge in [-0.3, -0.25) is 9.36 Å². The fourth-order valence-corrected chi connectivity index (χ4v) is 3.80. The minimum Gasteiger partial charge on any atom is -0.338 e.